The first kappa shape index (κ1) is 11.6. The molecule has 1 aromatic carbocycles. The smallest absolute Gasteiger partial charge is 0.180 e. The SMILES string of the molecule is CS(=O)(=O)c1c(O)cc(Cl)c(N)c1Br. The largest absolute Gasteiger partial charge is 0.506 e. The normalized spacial score (nSPS) is 11.6. The Morgan fingerprint density at radius 3 is 2.50 bits per heavy atom. The maximum Gasteiger partial charge on any atom is 0.180 e. The number of hydrogen-bond donors (Lipinski definition) is 2. The minimum absolute atomic E-state index is 0.0879. The van der Waals surface area contributed by atoms with Crippen LogP contribution in [0.4, 0.5) is 5.69 Å². The van der Waals surface area contributed by atoms with Crippen molar-refractivity contribution in [1.29, 1.82) is 0 Å². The second kappa shape index (κ2) is 3.60. The number of benzene rings is 1. The van der Waals surface area contributed by atoms with Crippen molar-refractivity contribution in [2.75, 3.05) is 12.0 Å². The van der Waals surface area contributed by atoms with Crippen molar-refractivity contribution in [3.05, 3.63) is 15.6 Å². The lowest BCUT2D eigenvalue weighted by Crippen LogP contribution is -2.01. The molecule has 0 heterocycles. The summed E-state index contributed by atoms with van der Waals surface area (Å²) in [5.41, 5.74) is 5.58. The monoisotopic (exact) mass is 299 g/mol. The first-order valence-corrected chi connectivity index (χ1v) is 6.48. The molecule has 7 heteroatoms. The van der Waals surface area contributed by atoms with Crippen LogP contribution >= 0.6 is 27.5 Å². The summed E-state index contributed by atoms with van der Waals surface area (Å²) < 4.78 is 22.6. The van der Waals surface area contributed by atoms with Crippen molar-refractivity contribution in [1.82, 2.24) is 0 Å². The summed E-state index contributed by atoms with van der Waals surface area (Å²) in [5, 5.41) is 9.48. The zero-order chi connectivity index (χ0) is 11.1. The van der Waals surface area contributed by atoms with Crippen LogP contribution in [0.5, 0.6) is 5.75 Å². The van der Waals surface area contributed by atoms with Gasteiger partial charge in [-0.25, -0.2) is 8.42 Å². The lowest BCUT2D eigenvalue weighted by molar-refractivity contribution is 0.458. The second-order valence-corrected chi connectivity index (χ2v) is 5.86. The molecular formula is C7H7BrClNO3S. The fourth-order valence-corrected chi connectivity index (χ4v) is 3.44. The number of nitrogen functional groups attached to an aromatic ring is 1. The van der Waals surface area contributed by atoms with E-state index in [-0.39, 0.29) is 20.1 Å². The molecule has 14 heavy (non-hydrogen) atoms. The summed E-state index contributed by atoms with van der Waals surface area (Å²) >= 11 is 8.60. The third-order valence-corrected chi connectivity index (χ3v) is 4.11. The van der Waals surface area contributed by atoms with Gasteiger partial charge in [0.1, 0.15) is 10.6 Å². The molecule has 0 spiro atoms. The Hall–Kier alpha value is -0.460. The highest BCUT2D eigenvalue weighted by Crippen LogP contribution is 2.39. The molecule has 78 valence electrons. The van der Waals surface area contributed by atoms with Gasteiger partial charge in [-0.15, -0.1) is 0 Å². The molecule has 0 saturated heterocycles. The number of phenols is 1. The number of aromatic hydroxyl groups is 1. The minimum atomic E-state index is -3.54. The fraction of sp³-hybridized carbons (Fsp3) is 0.143. The molecule has 0 saturated carbocycles. The van der Waals surface area contributed by atoms with Gasteiger partial charge in [-0.05, 0) is 15.9 Å². The van der Waals surface area contributed by atoms with Crippen molar-refractivity contribution in [3.63, 3.8) is 0 Å². The second-order valence-electron chi connectivity index (χ2n) is 2.71. The van der Waals surface area contributed by atoms with Gasteiger partial charge in [0.2, 0.25) is 0 Å². The van der Waals surface area contributed by atoms with E-state index in [1.165, 1.54) is 0 Å². The molecule has 0 atom stereocenters. The molecule has 0 fully saturated rings. The Morgan fingerprint density at radius 1 is 1.57 bits per heavy atom. The molecule has 3 N–H and O–H groups in total. The van der Waals surface area contributed by atoms with Crippen molar-refractivity contribution < 1.29 is 13.5 Å². The van der Waals surface area contributed by atoms with Crippen LogP contribution in [0.25, 0.3) is 0 Å². The van der Waals surface area contributed by atoms with Crippen molar-refractivity contribution in [2.45, 2.75) is 4.90 Å². The molecule has 1 rings (SSSR count). The van der Waals surface area contributed by atoms with Crippen molar-refractivity contribution in [3.8, 4) is 5.75 Å². The summed E-state index contributed by atoms with van der Waals surface area (Å²) in [7, 11) is -3.54. The van der Waals surface area contributed by atoms with Crippen molar-refractivity contribution in [2.24, 2.45) is 0 Å². The highest BCUT2D eigenvalue weighted by atomic mass is 79.9. The summed E-state index contributed by atoms with van der Waals surface area (Å²) in [6, 6.07) is 1.10. The Morgan fingerprint density at radius 2 is 2.07 bits per heavy atom. The van der Waals surface area contributed by atoms with Gasteiger partial charge in [0.05, 0.1) is 15.2 Å². The van der Waals surface area contributed by atoms with Gasteiger partial charge >= 0.3 is 0 Å². The van der Waals surface area contributed by atoms with Crippen LogP contribution in [-0.2, 0) is 9.84 Å². The van der Waals surface area contributed by atoms with E-state index in [9.17, 15) is 13.5 Å². The molecular weight excluding hydrogens is 294 g/mol. The average Bonchev–Trinajstić information content (AvgIpc) is 1.97. The highest BCUT2D eigenvalue weighted by molar-refractivity contribution is 9.10. The molecule has 0 aliphatic carbocycles. The van der Waals surface area contributed by atoms with Crippen LogP contribution in [0, 0.1) is 0 Å². The van der Waals surface area contributed by atoms with Gasteiger partial charge in [-0.1, -0.05) is 11.6 Å². The Kier molecular flexibility index (Phi) is 2.99. The van der Waals surface area contributed by atoms with E-state index in [1.54, 1.807) is 0 Å². The van der Waals surface area contributed by atoms with Crippen LogP contribution < -0.4 is 5.73 Å². The van der Waals surface area contributed by atoms with E-state index in [4.69, 9.17) is 17.3 Å². The summed E-state index contributed by atoms with van der Waals surface area (Å²) in [6.07, 6.45) is 0.972. The van der Waals surface area contributed by atoms with Gasteiger partial charge in [-0.3, -0.25) is 0 Å². The molecule has 0 aromatic heterocycles. The number of phenolic OH excluding ortho intramolecular Hbond substituents is 1. The molecule has 0 bridgehead atoms. The Labute approximate surface area is 94.7 Å². The van der Waals surface area contributed by atoms with E-state index in [2.05, 4.69) is 15.9 Å². The number of rotatable bonds is 1. The van der Waals surface area contributed by atoms with Crippen LogP contribution in [0.15, 0.2) is 15.4 Å². The lowest BCUT2D eigenvalue weighted by atomic mass is 10.3. The maximum atomic E-state index is 11.2. The van der Waals surface area contributed by atoms with Crippen molar-refractivity contribution >= 4 is 43.1 Å². The van der Waals surface area contributed by atoms with E-state index < -0.39 is 15.6 Å². The summed E-state index contributed by atoms with van der Waals surface area (Å²) in [4.78, 5) is -0.251. The molecule has 4 nitrogen and oxygen atoms in total. The Bertz CT molecular complexity index is 486. The van der Waals surface area contributed by atoms with Gasteiger partial charge in [0, 0.05) is 12.3 Å². The zero-order valence-corrected chi connectivity index (χ0v) is 10.2. The number of sulfone groups is 1. The average molecular weight is 301 g/mol. The number of anilines is 1. The minimum Gasteiger partial charge on any atom is -0.506 e. The predicted octanol–water partition coefficient (Wildman–Crippen LogP) is 1.79. The van der Waals surface area contributed by atoms with Crippen LogP contribution in [0.3, 0.4) is 0 Å². The zero-order valence-electron chi connectivity index (χ0n) is 7.08. The third-order valence-electron chi connectivity index (χ3n) is 1.56. The molecule has 0 unspecified atom stereocenters. The van der Waals surface area contributed by atoms with Gasteiger partial charge in [0.25, 0.3) is 0 Å². The lowest BCUT2D eigenvalue weighted by Gasteiger charge is -2.08. The molecule has 0 aliphatic rings. The van der Waals surface area contributed by atoms with Gasteiger partial charge in [0.15, 0.2) is 9.84 Å². The fourth-order valence-electron chi connectivity index (χ4n) is 0.956. The molecule has 0 amide bonds. The van der Waals surface area contributed by atoms with E-state index in [0.717, 1.165) is 12.3 Å². The van der Waals surface area contributed by atoms with E-state index in [0.29, 0.717) is 0 Å². The quantitative estimate of drug-likeness (QED) is 0.612. The Balaban J connectivity index is 3.70. The number of hydrogen-bond acceptors (Lipinski definition) is 4. The standard InChI is InChI=1S/C7H7BrClNO3S/c1-14(12,13)7-4(11)2-3(9)6(10)5(7)8/h2,11H,10H2,1H3. The van der Waals surface area contributed by atoms with Crippen LogP contribution in [-0.4, -0.2) is 19.8 Å². The summed E-state index contributed by atoms with van der Waals surface area (Å²) in [6.45, 7) is 0. The van der Waals surface area contributed by atoms with Gasteiger partial charge in [-0.2, -0.15) is 0 Å². The summed E-state index contributed by atoms with van der Waals surface area (Å²) in [5.74, 6) is -0.418. The highest BCUT2D eigenvalue weighted by Gasteiger charge is 2.21. The first-order chi connectivity index (χ1) is 6.25. The molecule has 1 aromatic rings. The first-order valence-electron chi connectivity index (χ1n) is 3.41. The van der Waals surface area contributed by atoms with Crippen LogP contribution in [0.2, 0.25) is 5.02 Å². The predicted molar refractivity (Wildman–Crippen MR) is 58.3 cm³/mol. The molecule has 0 aliphatic heterocycles. The third kappa shape index (κ3) is 1.97. The number of halogens is 2. The van der Waals surface area contributed by atoms with Crippen LogP contribution in [0.1, 0.15) is 0 Å². The van der Waals surface area contributed by atoms with Gasteiger partial charge < -0.3 is 10.8 Å². The van der Waals surface area contributed by atoms with E-state index in [1.807, 2.05) is 0 Å². The van der Waals surface area contributed by atoms with E-state index >= 15 is 0 Å². The maximum absolute atomic E-state index is 11.2. The topological polar surface area (TPSA) is 80.4 Å². The number of nitrogens with two attached hydrogens (primary N) is 1. The molecule has 0 radical (unpaired) electrons.